The van der Waals surface area contributed by atoms with Crippen molar-refractivity contribution in [3.8, 4) is 0 Å². The van der Waals surface area contributed by atoms with E-state index in [9.17, 15) is 0 Å². The Kier molecular flexibility index (Phi) is 1.84. The maximum atomic E-state index is 5.75. The molecule has 1 aliphatic heterocycles. The molecule has 1 fully saturated rings. The van der Waals surface area contributed by atoms with Crippen LogP contribution in [0.25, 0.3) is 6.08 Å². The molecule has 0 unspecified atom stereocenters. The lowest BCUT2D eigenvalue weighted by molar-refractivity contribution is 0.431. The molecule has 12 heavy (non-hydrogen) atoms. The Balaban J connectivity index is 2.15. The molecule has 2 nitrogen and oxygen atoms in total. The molecule has 0 bridgehead atoms. The van der Waals surface area contributed by atoms with Crippen LogP contribution >= 0.6 is 0 Å². The summed E-state index contributed by atoms with van der Waals surface area (Å²) in [5, 5.41) is 0. The van der Waals surface area contributed by atoms with Crippen molar-refractivity contribution in [3.05, 3.63) is 41.6 Å². The lowest BCUT2D eigenvalue weighted by atomic mass is 10.2. The van der Waals surface area contributed by atoms with Gasteiger partial charge < -0.3 is 10.5 Å². The molecule has 62 valence electrons. The molecule has 0 aromatic heterocycles. The molecule has 1 aromatic rings. The number of hydrogen-bond acceptors (Lipinski definition) is 2. The van der Waals surface area contributed by atoms with Gasteiger partial charge in [-0.3, -0.25) is 0 Å². The van der Waals surface area contributed by atoms with Gasteiger partial charge in [-0.1, -0.05) is 30.3 Å². The summed E-state index contributed by atoms with van der Waals surface area (Å²) < 4.78 is 5.05. The van der Waals surface area contributed by atoms with Gasteiger partial charge in [0, 0.05) is 5.70 Å². The van der Waals surface area contributed by atoms with Crippen molar-refractivity contribution in [1.29, 1.82) is 0 Å². The first-order valence-corrected chi connectivity index (χ1v) is 4.00. The predicted molar refractivity (Wildman–Crippen MR) is 48.3 cm³/mol. The molecule has 0 aliphatic carbocycles. The summed E-state index contributed by atoms with van der Waals surface area (Å²) in [7, 11) is 0. The number of ether oxygens (including phenoxy) is 1. The molecule has 0 spiro atoms. The summed E-state index contributed by atoms with van der Waals surface area (Å²) in [6, 6.07) is 10.0. The molecule has 2 rings (SSSR count). The van der Waals surface area contributed by atoms with Crippen LogP contribution in [-0.2, 0) is 4.74 Å². The minimum Gasteiger partial charge on any atom is -0.400 e. The van der Waals surface area contributed by atoms with E-state index in [1.54, 1.807) is 0 Å². The van der Waals surface area contributed by atoms with Gasteiger partial charge in [0.25, 0.3) is 0 Å². The third-order valence-corrected chi connectivity index (χ3v) is 1.84. The average molecular weight is 161 g/mol. The molecular weight excluding hydrogens is 150 g/mol. The van der Waals surface area contributed by atoms with Crippen molar-refractivity contribution in [3.63, 3.8) is 0 Å². The van der Waals surface area contributed by atoms with Crippen LogP contribution < -0.4 is 5.73 Å². The van der Waals surface area contributed by atoms with E-state index in [4.69, 9.17) is 10.5 Å². The molecule has 1 heterocycles. The van der Waals surface area contributed by atoms with Gasteiger partial charge in [-0.25, -0.2) is 0 Å². The van der Waals surface area contributed by atoms with E-state index in [-0.39, 0.29) is 6.10 Å². The summed E-state index contributed by atoms with van der Waals surface area (Å²) in [4.78, 5) is 0. The van der Waals surface area contributed by atoms with Crippen LogP contribution in [-0.4, -0.2) is 12.7 Å². The first-order valence-electron chi connectivity index (χ1n) is 4.00. The Morgan fingerprint density at radius 3 is 2.67 bits per heavy atom. The van der Waals surface area contributed by atoms with Crippen LogP contribution in [0.2, 0.25) is 0 Å². The second-order valence-corrected chi connectivity index (χ2v) is 2.88. The fourth-order valence-electron chi connectivity index (χ4n) is 1.08. The van der Waals surface area contributed by atoms with Crippen molar-refractivity contribution in [2.75, 3.05) is 6.61 Å². The zero-order chi connectivity index (χ0) is 8.39. The number of hydrogen-bond donors (Lipinski definition) is 1. The van der Waals surface area contributed by atoms with Crippen LogP contribution in [0.4, 0.5) is 0 Å². The van der Waals surface area contributed by atoms with Gasteiger partial charge in [0.1, 0.15) is 6.10 Å². The second-order valence-electron chi connectivity index (χ2n) is 2.88. The van der Waals surface area contributed by atoms with Crippen LogP contribution in [0.5, 0.6) is 0 Å². The number of epoxide rings is 1. The standard InChI is InChI=1S/C10H11NO/c11-9(10-7-12-10)6-8-4-2-1-3-5-8/h1-6,10H,7,11H2/b9-6-/t10-/m1/s1. The van der Waals surface area contributed by atoms with Gasteiger partial charge in [-0.15, -0.1) is 0 Å². The molecule has 1 atom stereocenters. The maximum Gasteiger partial charge on any atom is 0.120 e. The largest absolute Gasteiger partial charge is 0.400 e. The Labute approximate surface area is 71.6 Å². The van der Waals surface area contributed by atoms with Crippen LogP contribution in [0.1, 0.15) is 5.56 Å². The van der Waals surface area contributed by atoms with E-state index in [2.05, 4.69) is 0 Å². The molecule has 1 aromatic carbocycles. The monoisotopic (exact) mass is 161 g/mol. The lowest BCUT2D eigenvalue weighted by Gasteiger charge is -1.95. The van der Waals surface area contributed by atoms with E-state index in [1.165, 1.54) is 0 Å². The summed E-state index contributed by atoms with van der Waals surface area (Å²) >= 11 is 0. The first-order chi connectivity index (χ1) is 5.86. The quantitative estimate of drug-likeness (QED) is 0.665. The van der Waals surface area contributed by atoms with E-state index in [0.717, 1.165) is 17.9 Å². The van der Waals surface area contributed by atoms with E-state index in [1.807, 2.05) is 36.4 Å². The lowest BCUT2D eigenvalue weighted by Crippen LogP contribution is -2.03. The number of benzene rings is 1. The van der Waals surface area contributed by atoms with Crippen LogP contribution in [0, 0.1) is 0 Å². The average Bonchev–Trinajstić information content (AvgIpc) is 2.88. The third-order valence-electron chi connectivity index (χ3n) is 1.84. The Morgan fingerprint density at radius 1 is 1.42 bits per heavy atom. The fraction of sp³-hybridized carbons (Fsp3) is 0.200. The minimum atomic E-state index is 0.171. The van der Waals surface area contributed by atoms with Crippen molar-refractivity contribution in [1.82, 2.24) is 0 Å². The number of rotatable bonds is 2. The topological polar surface area (TPSA) is 38.5 Å². The van der Waals surface area contributed by atoms with Crippen LogP contribution in [0.3, 0.4) is 0 Å². The SMILES string of the molecule is N/C(=C\c1ccccc1)[C@H]1CO1. The Bertz CT molecular complexity index is 288. The molecule has 0 amide bonds. The zero-order valence-corrected chi connectivity index (χ0v) is 6.73. The van der Waals surface area contributed by atoms with Crippen molar-refractivity contribution in [2.45, 2.75) is 6.10 Å². The Morgan fingerprint density at radius 2 is 2.08 bits per heavy atom. The van der Waals surface area contributed by atoms with Crippen molar-refractivity contribution < 1.29 is 4.74 Å². The second kappa shape index (κ2) is 2.99. The summed E-state index contributed by atoms with van der Waals surface area (Å²) in [6.07, 6.45) is 2.13. The summed E-state index contributed by atoms with van der Waals surface area (Å²) in [6.45, 7) is 0.773. The third kappa shape index (κ3) is 1.66. The summed E-state index contributed by atoms with van der Waals surface area (Å²) in [5.41, 5.74) is 7.70. The van der Waals surface area contributed by atoms with E-state index < -0.39 is 0 Å². The smallest absolute Gasteiger partial charge is 0.120 e. The maximum absolute atomic E-state index is 5.75. The van der Waals surface area contributed by atoms with Gasteiger partial charge in [-0.2, -0.15) is 0 Å². The summed E-state index contributed by atoms with van der Waals surface area (Å²) in [5.74, 6) is 0. The van der Waals surface area contributed by atoms with Gasteiger partial charge >= 0.3 is 0 Å². The first kappa shape index (κ1) is 7.37. The molecule has 1 saturated heterocycles. The van der Waals surface area contributed by atoms with Gasteiger partial charge in [0.05, 0.1) is 6.61 Å². The minimum absolute atomic E-state index is 0.171. The predicted octanol–water partition coefficient (Wildman–Crippen LogP) is 1.39. The molecule has 1 aliphatic rings. The highest BCUT2D eigenvalue weighted by Crippen LogP contribution is 2.17. The van der Waals surface area contributed by atoms with Crippen molar-refractivity contribution >= 4 is 6.08 Å². The van der Waals surface area contributed by atoms with Gasteiger partial charge in [0.15, 0.2) is 0 Å². The highest BCUT2D eigenvalue weighted by atomic mass is 16.6. The molecule has 0 radical (unpaired) electrons. The molecule has 2 N–H and O–H groups in total. The normalized spacial score (nSPS) is 22.3. The zero-order valence-electron chi connectivity index (χ0n) is 6.73. The van der Waals surface area contributed by atoms with Crippen LogP contribution in [0.15, 0.2) is 36.0 Å². The Hall–Kier alpha value is -1.28. The molecular formula is C10H11NO. The van der Waals surface area contributed by atoms with Gasteiger partial charge in [0.2, 0.25) is 0 Å². The fourth-order valence-corrected chi connectivity index (χ4v) is 1.08. The van der Waals surface area contributed by atoms with E-state index >= 15 is 0 Å². The molecule has 0 saturated carbocycles. The number of nitrogens with two attached hydrogens (primary N) is 1. The molecule has 2 heteroatoms. The highest BCUT2D eigenvalue weighted by molar-refractivity contribution is 5.53. The highest BCUT2D eigenvalue weighted by Gasteiger charge is 2.24. The van der Waals surface area contributed by atoms with Gasteiger partial charge in [-0.05, 0) is 11.6 Å². The van der Waals surface area contributed by atoms with Crippen molar-refractivity contribution in [2.24, 2.45) is 5.73 Å². The van der Waals surface area contributed by atoms with E-state index in [0.29, 0.717) is 0 Å².